The van der Waals surface area contributed by atoms with Crippen LogP contribution in [0.2, 0.25) is 10.0 Å². The maximum Gasteiger partial charge on any atom is 0.436 e. The van der Waals surface area contributed by atoms with Crippen molar-refractivity contribution in [3.05, 3.63) is 39.6 Å². The molecule has 1 aliphatic rings. The average molecular weight is 451 g/mol. The first-order valence-electron chi connectivity index (χ1n) is 8.77. The van der Waals surface area contributed by atoms with Gasteiger partial charge in [0.1, 0.15) is 5.75 Å². The lowest BCUT2D eigenvalue weighted by Crippen LogP contribution is -2.49. The Kier molecular flexibility index (Phi) is 6.30. The summed E-state index contributed by atoms with van der Waals surface area (Å²) in [7, 11) is 1.56. The van der Waals surface area contributed by atoms with Crippen molar-refractivity contribution in [2.75, 3.05) is 38.2 Å². The third-order valence-corrected chi connectivity index (χ3v) is 5.67. The number of aldehydes is 1. The van der Waals surface area contributed by atoms with E-state index in [9.17, 15) is 18.0 Å². The molecule has 29 heavy (non-hydrogen) atoms. The van der Waals surface area contributed by atoms with E-state index in [4.69, 9.17) is 27.9 Å². The molecule has 2 aromatic rings. The molecule has 0 N–H and O–H groups in total. The fraction of sp³-hybridized carbons (Fsp3) is 0.444. The highest BCUT2D eigenvalue weighted by atomic mass is 35.5. The topological polar surface area (TPSA) is 50.6 Å². The molecule has 0 amide bonds. The van der Waals surface area contributed by atoms with E-state index in [1.165, 1.54) is 6.92 Å². The summed E-state index contributed by atoms with van der Waals surface area (Å²) in [6, 6.07) is 5.32. The number of aromatic nitrogens is 2. The molecular formula is C18H19Cl2F3N4O2. The van der Waals surface area contributed by atoms with E-state index in [0.717, 1.165) is 10.4 Å². The van der Waals surface area contributed by atoms with E-state index in [1.54, 1.807) is 24.1 Å². The Morgan fingerprint density at radius 2 is 1.86 bits per heavy atom. The summed E-state index contributed by atoms with van der Waals surface area (Å²) >= 11 is 12.1. The van der Waals surface area contributed by atoms with Gasteiger partial charge in [-0.2, -0.15) is 18.3 Å². The monoisotopic (exact) mass is 450 g/mol. The minimum absolute atomic E-state index is 0.0920. The number of hydrogen-bond donors (Lipinski definition) is 0. The molecule has 3 rings (SSSR count). The summed E-state index contributed by atoms with van der Waals surface area (Å²) in [6.07, 6.45) is -5.10. The van der Waals surface area contributed by atoms with Gasteiger partial charge in [-0.25, -0.2) is 4.68 Å². The van der Waals surface area contributed by atoms with Gasteiger partial charge >= 0.3 is 6.18 Å². The first-order valence-corrected chi connectivity index (χ1v) is 9.52. The number of hydrogen-bond acceptors (Lipinski definition) is 5. The Bertz CT molecular complexity index is 896. The highest BCUT2D eigenvalue weighted by molar-refractivity contribution is 6.33. The number of piperazine rings is 1. The van der Waals surface area contributed by atoms with Crippen LogP contribution >= 0.6 is 23.2 Å². The lowest BCUT2D eigenvalue weighted by Gasteiger charge is -2.39. The van der Waals surface area contributed by atoms with Crippen LogP contribution in [0.4, 0.5) is 18.9 Å². The van der Waals surface area contributed by atoms with Gasteiger partial charge in [-0.3, -0.25) is 9.69 Å². The van der Waals surface area contributed by atoms with Crippen molar-refractivity contribution >= 4 is 35.2 Å². The predicted molar refractivity (Wildman–Crippen MR) is 104 cm³/mol. The lowest BCUT2D eigenvalue weighted by atomic mass is 10.2. The molecule has 1 atom stereocenters. The second-order valence-corrected chi connectivity index (χ2v) is 7.37. The van der Waals surface area contributed by atoms with Crippen molar-refractivity contribution in [2.45, 2.75) is 19.3 Å². The van der Waals surface area contributed by atoms with E-state index >= 15 is 0 Å². The Morgan fingerprint density at radius 3 is 2.38 bits per heavy atom. The summed E-state index contributed by atoms with van der Waals surface area (Å²) in [5.41, 5.74) is -0.300. The number of nitrogens with zero attached hydrogens (tertiary/aromatic N) is 4. The number of carbonyl (C=O) groups is 1. The number of methoxy groups -OCH3 is 1. The maximum absolute atomic E-state index is 13.1. The molecule has 2 heterocycles. The summed E-state index contributed by atoms with van der Waals surface area (Å²) in [4.78, 5) is 15.5. The second kappa shape index (κ2) is 8.41. The van der Waals surface area contributed by atoms with Crippen LogP contribution in [0, 0.1) is 6.92 Å². The smallest absolute Gasteiger partial charge is 0.436 e. The molecule has 0 aliphatic carbocycles. The standard InChI is InChI=1S/C18H19Cl2F3N4O2/c1-11-16(20)17(18(21,22)23)24-27(11)15(10-28)26-7-5-25(6-8-26)14-9-12(29-2)3-4-13(14)19/h3-4,9-10,15H,5-8H2,1-2H3. The molecule has 1 aromatic heterocycles. The zero-order valence-electron chi connectivity index (χ0n) is 15.7. The first kappa shape index (κ1) is 21.7. The zero-order valence-corrected chi connectivity index (χ0v) is 17.2. The van der Waals surface area contributed by atoms with Gasteiger partial charge in [0.05, 0.1) is 28.5 Å². The fourth-order valence-electron chi connectivity index (χ4n) is 3.32. The lowest BCUT2D eigenvalue weighted by molar-refractivity contribution is -0.142. The molecule has 11 heteroatoms. The molecule has 1 fully saturated rings. The molecule has 0 spiro atoms. The molecule has 1 aliphatic heterocycles. The molecule has 0 saturated carbocycles. The van der Waals surface area contributed by atoms with Gasteiger partial charge in [0.15, 0.2) is 18.1 Å². The largest absolute Gasteiger partial charge is 0.497 e. The minimum atomic E-state index is -4.69. The molecule has 158 valence electrons. The van der Waals surface area contributed by atoms with Crippen molar-refractivity contribution < 1.29 is 22.7 Å². The third kappa shape index (κ3) is 4.31. The van der Waals surface area contributed by atoms with Crippen LogP contribution in [0.25, 0.3) is 0 Å². The number of alkyl halides is 3. The Hall–Kier alpha value is -1.97. The van der Waals surface area contributed by atoms with E-state index < -0.39 is 23.1 Å². The first-order chi connectivity index (χ1) is 13.7. The van der Waals surface area contributed by atoms with Gasteiger partial charge in [0.25, 0.3) is 0 Å². The van der Waals surface area contributed by atoms with Crippen LogP contribution in [0.3, 0.4) is 0 Å². The van der Waals surface area contributed by atoms with E-state index in [-0.39, 0.29) is 5.69 Å². The van der Waals surface area contributed by atoms with Gasteiger partial charge in [-0.15, -0.1) is 0 Å². The van der Waals surface area contributed by atoms with E-state index in [1.807, 2.05) is 11.0 Å². The van der Waals surface area contributed by atoms with Crippen LogP contribution < -0.4 is 9.64 Å². The molecule has 0 bridgehead atoms. The molecule has 0 radical (unpaired) electrons. The van der Waals surface area contributed by atoms with Crippen molar-refractivity contribution in [3.8, 4) is 5.75 Å². The van der Waals surface area contributed by atoms with Crippen LogP contribution in [-0.2, 0) is 11.0 Å². The van der Waals surface area contributed by atoms with Crippen LogP contribution in [-0.4, -0.2) is 54.3 Å². The molecule has 1 unspecified atom stereocenters. The zero-order chi connectivity index (χ0) is 21.3. The number of rotatable bonds is 5. The van der Waals surface area contributed by atoms with Crippen LogP contribution in [0.15, 0.2) is 18.2 Å². The Balaban J connectivity index is 1.79. The van der Waals surface area contributed by atoms with Gasteiger partial charge in [0, 0.05) is 32.2 Å². The molecule has 1 saturated heterocycles. The third-order valence-electron chi connectivity index (χ3n) is 4.90. The van der Waals surface area contributed by atoms with Crippen molar-refractivity contribution in [3.63, 3.8) is 0 Å². The highest BCUT2D eigenvalue weighted by Gasteiger charge is 2.39. The van der Waals surface area contributed by atoms with Crippen LogP contribution in [0.5, 0.6) is 5.75 Å². The van der Waals surface area contributed by atoms with Gasteiger partial charge in [-0.1, -0.05) is 23.2 Å². The predicted octanol–water partition coefficient (Wildman–Crippen LogP) is 4.05. The summed E-state index contributed by atoms with van der Waals surface area (Å²) in [5, 5.41) is 3.65. The van der Waals surface area contributed by atoms with E-state index in [0.29, 0.717) is 43.2 Å². The average Bonchev–Trinajstić information content (AvgIpc) is 2.99. The molecule has 1 aromatic carbocycles. The molecular weight excluding hydrogens is 432 g/mol. The minimum Gasteiger partial charge on any atom is -0.497 e. The van der Waals surface area contributed by atoms with Crippen LogP contribution in [0.1, 0.15) is 17.6 Å². The Labute approximate surface area is 175 Å². The summed E-state index contributed by atoms with van der Waals surface area (Å²) in [6.45, 7) is 3.31. The highest BCUT2D eigenvalue weighted by Crippen LogP contribution is 2.37. The second-order valence-electron chi connectivity index (χ2n) is 6.58. The maximum atomic E-state index is 13.1. The quantitative estimate of drug-likeness (QED) is 0.643. The number of benzene rings is 1. The van der Waals surface area contributed by atoms with Crippen molar-refractivity contribution in [1.29, 1.82) is 0 Å². The number of ether oxygens (including phenoxy) is 1. The molecule has 6 nitrogen and oxygen atoms in total. The SMILES string of the molecule is COc1ccc(Cl)c(N2CCN(C(C=O)n3nc(C(F)(F)F)c(Cl)c3C)CC2)c1. The van der Waals surface area contributed by atoms with E-state index in [2.05, 4.69) is 5.10 Å². The van der Waals surface area contributed by atoms with Gasteiger partial charge < -0.3 is 9.64 Å². The normalized spacial score (nSPS) is 16.7. The van der Waals surface area contributed by atoms with Gasteiger partial charge in [-0.05, 0) is 19.1 Å². The number of halogens is 5. The van der Waals surface area contributed by atoms with Crippen molar-refractivity contribution in [1.82, 2.24) is 14.7 Å². The fourth-order valence-corrected chi connectivity index (χ4v) is 3.79. The Morgan fingerprint density at radius 1 is 1.21 bits per heavy atom. The number of carbonyl (C=O) groups excluding carboxylic acids is 1. The van der Waals surface area contributed by atoms with Crippen molar-refractivity contribution in [2.24, 2.45) is 0 Å². The summed E-state index contributed by atoms with van der Waals surface area (Å²) < 4.78 is 45.6. The number of anilines is 1. The summed E-state index contributed by atoms with van der Waals surface area (Å²) in [5.74, 6) is 0.666. The van der Waals surface area contributed by atoms with Gasteiger partial charge in [0.2, 0.25) is 0 Å².